The van der Waals surface area contributed by atoms with E-state index in [-0.39, 0.29) is 6.10 Å². The van der Waals surface area contributed by atoms with Gasteiger partial charge in [0.05, 0.1) is 12.7 Å². The van der Waals surface area contributed by atoms with Crippen molar-refractivity contribution in [3.63, 3.8) is 0 Å². The monoisotopic (exact) mass is 408 g/mol. The van der Waals surface area contributed by atoms with Crippen molar-refractivity contribution in [3.05, 3.63) is 70.8 Å². The third-order valence-electron chi connectivity index (χ3n) is 4.35. The normalized spacial score (nSPS) is 12.6. The fourth-order valence-corrected chi connectivity index (χ4v) is 2.62. The Labute approximate surface area is 177 Å². The van der Waals surface area contributed by atoms with Gasteiger partial charge in [-0.15, -0.1) is 0 Å². The van der Waals surface area contributed by atoms with Gasteiger partial charge in [0.2, 0.25) is 0 Å². The van der Waals surface area contributed by atoms with Gasteiger partial charge in [-0.2, -0.15) is 0 Å². The topological polar surface area (TPSA) is 102 Å². The highest BCUT2D eigenvalue weighted by molar-refractivity contribution is 5.98. The van der Waals surface area contributed by atoms with E-state index in [0.29, 0.717) is 12.2 Å². The number of hydrogen-bond acceptors (Lipinski definition) is 5. The number of rotatable bonds is 8. The first-order valence-corrected chi connectivity index (χ1v) is 9.82. The van der Waals surface area contributed by atoms with Gasteiger partial charge in [0.25, 0.3) is 5.91 Å². The van der Waals surface area contributed by atoms with Crippen molar-refractivity contribution in [2.45, 2.75) is 45.6 Å². The van der Waals surface area contributed by atoms with E-state index in [0.717, 1.165) is 16.7 Å². The van der Waals surface area contributed by atoms with E-state index in [1.165, 1.54) is 0 Å². The summed E-state index contributed by atoms with van der Waals surface area (Å²) in [5, 5.41) is 11.6. The Bertz CT molecular complexity index is 907. The zero-order valence-electron chi connectivity index (χ0n) is 17.5. The van der Waals surface area contributed by atoms with Crippen LogP contribution in [0.25, 0.3) is 0 Å². The molecule has 2 atom stereocenters. The average Bonchev–Trinajstić information content (AvgIpc) is 2.74. The maximum absolute atomic E-state index is 12.4. The zero-order valence-corrected chi connectivity index (χ0v) is 17.5. The van der Waals surface area contributed by atoms with Crippen LogP contribution in [0.1, 0.15) is 47.8 Å². The van der Waals surface area contributed by atoms with Crippen molar-refractivity contribution in [1.82, 2.24) is 5.32 Å². The number of hydrogen-bond donors (Lipinski definition) is 3. The van der Waals surface area contributed by atoms with Crippen LogP contribution in [0.2, 0.25) is 0 Å². The van der Waals surface area contributed by atoms with Crippen molar-refractivity contribution < 1.29 is 19.4 Å². The molecule has 2 aromatic rings. The van der Waals surface area contributed by atoms with Gasteiger partial charge < -0.3 is 20.9 Å². The molecule has 2 rings (SSSR count). The number of aliphatic hydroxyl groups excluding tert-OH is 1. The van der Waals surface area contributed by atoms with Crippen LogP contribution in [-0.4, -0.2) is 41.6 Å². The Morgan fingerprint density at radius 1 is 1.00 bits per heavy atom. The predicted molar refractivity (Wildman–Crippen MR) is 116 cm³/mol. The van der Waals surface area contributed by atoms with E-state index in [2.05, 4.69) is 17.2 Å². The molecule has 0 unspecified atom stereocenters. The van der Waals surface area contributed by atoms with Gasteiger partial charge in [-0.05, 0) is 62.7 Å². The average molecular weight is 408 g/mol. The minimum absolute atomic E-state index is 0.189. The predicted octanol–water partition coefficient (Wildman–Crippen LogP) is 2.02. The Morgan fingerprint density at radius 3 is 2.00 bits per heavy atom. The molecular weight excluding hydrogens is 380 g/mol. The number of ketones is 1. The highest BCUT2D eigenvalue weighted by atomic mass is 16.5. The summed E-state index contributed by atoms with van der Waals surface area (Å²) < 4.78 is 5.58. The maximum atomic E-state index is 12.4. The van der Waals surface area contributed by atoms with Gasteiger partial charge >= 0.3 is 0 Å². The second-order valence-corrected chi connectivity index (χ2v) is 7.32. The smallest absolute Gasteiger partial charge is 0.251 e. The van der Waals surface area contributed by atoms with Crippen LogP contribution in [0.3, 0.4) is 0 Å². The first-order valence-electron chi connectivity index (χ1n) is 9.82. The van der Waals surface area contributed by atoms with Crippen LogP contribution in [0.15, 0.2) is 48.5 Å². The third kappa shape index (κ3) is 7.12. The van der Waals surface area contributed by atoms with E-state index in [9.17, 15) is 9.59 Å². The number of benzene rings is 2. The molecule has 0 aliphatic carbocycles. The van der Waals surface area contributed by atoms with E-state index in [1.807, 2.05) is 38.1 Å². The van der Waals surface area contributed by atoms with Gasteiger partial charge in [0.1, 0.15) is 12.6 Å². The molecule has 2 aromatic carbocycles. The number of aliphatic hydroxyl groups is 1. The summed E-state index contributed by atoms with van der Waals surface area (Å²) in [5.74, 6) is 5.20. The summed E-state index contributed by atoms with van der Waals surface area (Å²) in [5.41, 5.74) is 8.84. The molecule has 0 saturated carbocycles. The Hall–Kier alpha value is -2.98. The molecule has 0 spiro atoms. The van der Waals surface area contributed by atoms with Crippen LogP contribution in [0.4, 0.5) is 0 Å². The Balaban J connectivity index is 2.01. The molecule has 6 nitrogen and oxygen atoms in total. The first kappa shape index (κ1) is 23.3. The molecule has 0 aromatic heterocycles. The van der Waals surface area contributed by atoms with E-state index >= 15 is 0 Å². The second kappa shape index (κ2) is 11.3. The third-order valence-corrected chi connectivity index (χ3v) is 4.35. The molecule has 0 saturated heterocycles. The van der Waals surface area contributed by atoms with Crippen LogP contribution < -0.4 is 11.1 Å². The summed E-state index contributed by atoms with van der Waals surface area (Å²) in [6.07, 6.45) is 0.189. The first-order chi connectivity index (χ1) is 14.3. The van der Waals surface area contributed by atoms with Crippen molar-refractivity contribution >= 4 is 11.7 Å². The highest BCUT2D eigenvalue weighted by Crippen LogP contribution is 2.08. The van der Waals surface area contributed by atoms with E-state index < -0.39 is 30.4 Å². The lowest BCUT2D eigenvalue weighted by atomic mass is 10.0. The Morgan fingerprint density at radius 2 is 1.53 bits per heavy atom. The summed E-state index contributed by atoms with van der Waals surface area (Å²) in [6, 6.07) is 13.1. The molecular formula is C24H28N2O4. The lowest BCUT2D eigenvalue weighted by Crippen LogP contribution is -2.52. The number of nitrogens with one attached hydrogen (secondary N) is 1. The number of carbonyl (C=O) groups is 2. The number of carbonyl (C=O) groups excluding carboxylic acids is 2. The summed E-state index contributed by atoms with van der Waals surface area (Å²) in [7, 11) is 0. The largest absolute Gasteiger partial charge is 0.388 e. The summed E-state index contributed by atoms with van der Waals surface area (Å²) in [4.78, 5) is 24.1. The fraction of sp³-hybridized carbons (Fsp3) is 0.333. The van der Waals surface area contributed by atoms with Crippen molar-refractivity contribution in [2.24, 2.45) is 5.73 Å². The number of ether oxygens (including phenoxy) is 1. The van der Waals surface area contributed by atoms with Crippen molar-refractivity contribution in [1.29, 1.82) is 0 Å². The molecule has 1 amide bonds. The SMILES string of the molecule is CC(C)OCc1ccc(C#Cc2ccc(C(=O)N[C@H](C(=O)CO)[C@@H](C)N)cc2)cc1. The molecule has 0 heterocycles. The van der Waals surface area contributed by atoms with Crippen LogP contribution in [-0.2, 0) is 16.1 Å². The molecule has 30 heavy (non-hydrogen) atoms. The quantitative estimate of drug-likeness (QED) is 0.580. The molecule has 0 radical (unpaired) electrons. The second-order valence-electron chi connectivity index (χ2n) is 7.32. The van der Waals surface area contributed by atoms with Crippen LogP contribution in [0.5, 0.6) is 0 Å². The zero-order chi connectivity index (χ0) is 22.1. The van der Waals surface area contributed by atoms with Crippen molar-refractivity contribution in [3.8, 4) is 11.8 Å². The van der Waals surface area contributed by atoms with Crippen LogP contribution in [0, 0.1) is 11.8 Å². The van der Waals surface area contributed by atoms with Crippen LogP contribution >= 0.6 is 0 Å². The minimum atomic E-state index is -0.934. The van der Waals surface area contributed by atoms with Gasteiger partial charge in [-0.1, -0.05) is 24.0 Å². The van der Waals surface area contributed by atoms with Crippen molar-refractivity contribution in [2.75, 3.05) is 6.61 Å². The summed E-state index contributed by atoms with van der Waals surface area (Å²) in [6.45, 7) is 5.50. The standard InChI is InChI=1S/C24H28N2O4/c1-16(2)30-15-20-8-6-18(7-9-20)4-5-19-10-12-21(13-11-19)24(29)26-23(17(3)25)22(28)14-27/h6-13,16-17,23,27H,14-15,25H2,1-3H3,(H,26,29)/t17-,23+/m1/s1. The van der Waals surface area contributed by atoms with Gasteiger partial charge in [-0.3, -0.25) is 9.59 Å². The minimum Gasteiger partial charge on any atom is -0.388 e. The molecule has 4 N–H and O–H groups in total. The number of amides is 1. The van der Waals surface area contributed by atoms with E-state index in [1.54, 1.807) is 31.2 Å². The molecule has 6 heteroatoms. The molecule has 158 valence electrons. The summed E-state index contributed by atoms with van der Waals surface area (Å²) >= 11 is 0. The molecule has 0 aliphatic heterocycles. The lowest BCUT2D eigenvalue weighted by molar-refractivity contribution is -0.123. The lowest BCUT2D eigenvalue weighted by Gasteiger charge is -2.20. The van der Waals surface area contributed by atoms with Gasteiger partial charge in [0, 0.05) is 22.7 Å². The molecule has 0 bridgehead atoms. The van der Waals surface area contributed by atoms with Gasteiger partial charge in [0.15, 0.2) is 5.78 Å². The highest BCUT2D eigenvalue weighted by Gasteiger charge is 2.24. The number of nitrogens with two attached hydrogens (primary N) is 1. The Kier molecular flexibility index (Phi) is 8.75. The number of Topliss-reactive ketones (excluding diaryl/α,β-unsaturated/α-hetero) is 1. The maximum Gasteiger partial charge on any atom is 0.251 e. The molecule has 0 aliphatic rings. The fourth-order valence-electron chi connectivity index (χ4n) is 2.62. The van der Waals surface area contributed by atoms with E-state index in [4.69, 9.17) is 15.6 Å². The molecule has 0 fully saturated rings. The van der Waals surface area contributed by atoms with Gasteiger partial charge in [-0.25, -0.2) is 0 Å².